The summed E-state index contributed by atoms with van der Waals surface area (Å²) >= 11 is 0. The first kappa shape index (κ1) is 14.7. The summed E-state index contributed by atoms with van der Waals surface area (Å²) < 4.78 is 10.5. The quantitative estimate of drug-likeness (QED) is 0.552. The van der Waals surface area contributed by atoms with Crippen molar-refractivity contribution in [3.05, 3.63) is 59.7 Å². The molecule has 0 saturated carbocycles. The van der Waals surface area contributed by atoms with Crippen LogP contribution in [0.1, 0.15) is 11.1 Å². The Bertz CT molecular complexity index is 483. The first-order valence-electron chi connectivity index (χ1n) is 5.50. The Morgan fingerprint density at radius 2 is 1.67 bits per heavy atom. The Kier molecular flexibility index (Phi) is 5.84. The Labute approximate surface area is 120 Å². The Hall–Kier alpha value is -1.36. The van der Waals surface area contributed by atoms with Crippen molar-refractivity contribution >= 4 is 0 Å². The van der Waals surface area contributed by atoms with Crippen LogP contribution in [0.3, 0.4) is 0 Å². The summed E-state index contributed by atoms with van der Waals surface area (Å²) in [7, 11) is 3.27. The van der Waals surface area contributed by atoms with E-state index in [1.54, 1.807) is 14.2 Å². The molecule has 0 aromatic heterocycles. The van der Waals surface area contributed by atoms with Crippen molar-refractivity contribution in [3.63, 3.8) is 0 Å². The van der Waals surface area contributed by atoms with Gasteiger partial charge in [-0.05, 0) is 12.0 Å². The maximum absolute atomic E-state index is 5.27. The number of hydrogen-bond acceptors (Lipinski definition) is 2. The van der Waals surface area contributed by atoms with Gasteiger partial charge < -0.3 is 9.47 Å². The fourth-order valence-electron chi connectivity index (χ4n) is 1.74. The van der Waals surface area contributed by atoms with E-state index in [9.17, 15) is 0 Å². The minimum absolute atomic E-state index is 0. The van der Waals surface area contributed by atoms with E-state index in [1.165, 1.54) is 5.56 Å². The minimum atomic E-state index is 0. The second kappa shape index (κ2) is 7.16. The van der Waals surface area contributed by atoms with E-state index < -0.39 is 0 Å². The molecular weight excluding hydrogens is 219 g/mol. The third kappa shape index (κ3) is 3.56. The molecule has 2 aromatic carbocycles. The maximum Gasteiger partial charge on any atom is 1.00 e. The van der Waals surface area contributed by atoms with E-state index in [2.05, 4.69) is 18.2 Å². The van der Waals surface area contributed by atoms with Gasteiger partial charge in [0.2, 0.25) is 0 Å². The van der Waals surface area contributed by atoms with Crippen LogP contribution in [-0.2, 0) is 6.42 Å². The van der Waals surface area contributed by atoms with Crippen LogP contribution in [0.2, 0.25) is 0 Å². The molecule has 2 nitrogen and oxygen atoms in total. The van der Waals surface area contributed by atoms with Gasteiger partial charge in [0, 0.05) is 5.75 Å². The third-order valence-corrected chi connectivity index (χ3v) is 2.61. The third-order valence-electron chi connectivity index (χ3n) is 2.61. The molecule has 2 rings (SSSR count). The van der Waals surface area contributed by atoms with E-state index >= 15 is 0 Å². The van der Waals surface area contributed by atoms with Crippen molar-refractivity contribution in [2.24, 2.45) is 0 Å². The zero-order valence-corrected chi connectivity index (χ0v) is 11.1. The van der Waals surface area contributed by atoms with Crippen molar-refractivity contribution < 1.29 is 28.3 Å². The summed E-state index contributed by atoms with van der Waals surface area (Å²) in [5.41, 5.74) is 2.35. The predicted octanol–water partition coefficient (Wildman–Crippen LogP) is 0.0988. The maximum atomic E-state index is 5.27. The van der Waals surface area contributed by atoms with Crippen LogP contribution < -0.4 is 28.3 Å². The van der Waals surface area contributed by atoms with Crippen molar-refractivity contribution in [2.75, 3.05) is 14.2 Å². The summed E-state index contributed by atoms with van der Waals surface area (Å²) in [6.45, 7) is 0. The molecule has 0 bridgehead atoms. The summed E-state index contributed by atoms with van der Waals surface area (Å²) in [5, 5.41) is 0. The normalized spacial score (nSPS) is 9.44. The molecule has 88 valence electrons. The SMILES string of the molecule is COc1c[c-]c(Cc2ccccc2)cc1OC.[Li+]. The summed E-state index contributed by atoms with van der Waals surface area (Å²) in [5.74, 6) is 1.46. The zero-order valence-electron chi connectivity index (χ0n) is 11.1. The van der Waals surface area contributed by atoms with Crippen LogP contribution >= 0.6 is 0 Å². The monoisotopic (exact) mass is 234 g/mol. The first-order valence-corrected chi connectivity index (χ1v) is 5.50. The van der Waals surface area contributed by atoms with Crippen LogP contribution in [0, 0.1) is 6.07 Å². The van der Waals surface area contributed by atoms with Gasteiger partial charge in [-0.1, -0.05) is 30.3 Å². The standard InChI is InChI=1S/C15H15O2.Li/c1-16-14-9-8-13(11-15(14)17-2)10-12-6-4-3-5-7-12;/h3-7,9,11H,10H2,1-2H3;/q-1;+1. The molecule has 0 saturated heterocycles. The van der Waals surface area contributed by atoms with Crippen molar-refractivity contribution in [3.8, 4) is 11.5 Å². The molecule has 0 aliphatic rings. The van der Waals surface area contributed by atoms with E-state index in [1.807, 2.05) is 30.3 Å². The largest absolute Gasteiger partial charge is 1.00 e. The van der Waals surface area contributed by atoms with Gasteiger partial charge in [0.1, 0.15) is 0 Å². The molecule has 0 amide bonds. The van der Waals surface area contributed by atoms with Crippen LogP contribution in [0.25, 0.3) is 0 Å². The van der Waals surface area contributed by atoms with Gasteiger partial charge in [-0.25, -0.2) is 0 Å². The van der Waals surface area contributed by atoms with Crippen molar-refractivity contribution in [2.45, 2.75) is 6.42 Å². The van der Waals surface area contributed by atoms with Gasteiger partial charge in [0.15, 0.2) is 0 Å². The predicted molar refractivity (Wildman–Crippen MR) is 67.6 cm³/mol. The molecule has 0 aliphatic heterocycles. The van der Waals surface area contributed by atoms with Crippen LogP contribution in [0.4, 0.5) is 0 Å². The fraction of sp³-hybridized carbons (Fsp3) is 0.200. The Balaban J connectivity index is 0.00000162. The molecule has 18 heavy (non-hydrogen) atoms. The molecule has 0 heterocycles. The Morgan fingerprint density at radius 1 is 1.00 bits per heavy atom. The molecule has 3 heteroatoms. The van der Waals surface area contributed by atoms with Gasteiger partial charge >= 0.3 is 18.9 Å². The van der Waals surface area contributed by atoms with Crippen molar-refractivity contribution in [1.82, 2.24) is 0 Å². The van der Waals surface area contributed by atoms with E-state index in [0.29, 0.717) is 5.75 Å². The van der Waals surface area contributed by atoms with Crippen LogP contribution in [0.15, 0.2) is 42.5 Å². The Morgan fingerprint density at radius 3 is 2.28 bits per heavy atom. The molecule has 0 aliphatic carbocycles. The van der Waals surface area contributed by atoms with E-state index in [-0.39, 0.29) is 18.9 Å². The molecule has 0 spiro atoms. The molecule has 2 aromatic rings. The average Bonchev–Trinajstić information content (AvgIpc) is 2.40. The summed E-state index contributed by atoms with van der Waals surface area (Å²) in [6, 6.07) is 17.3. The molecule has 0 N–H and O–H groups in total. The van der Waals surface area contributed by atoms with E-state index in [0.717, 1.165) is 17.7 Å². The number of rotatable bonds is 4. The smallest absolute Gasteiger partial charge is 0.551 e. The van der Waals surface area contributed by atoms with Crippen molar-refractivity contribution in [1.29, 1.82) is 0 Å². The van der Waals surface area contributed by atoms with Crippen LogP contribution in [0.5, 0.6) is 11.5 Å². The minimum Gasteiger partial charge on any atom is -0.551 e. The fourth-order valence-corrected chi connectivity index (χ4v) is 1.74. The summed E-state index contributed by atoms with van der Waals surface area (Å²) in [4.78, 5) is 0. The molecule has 0 unspecified atom stereocenters. The molecule has 0 radical (unpaired) electrons. The number of benzene rings is 2. The molecule has 0 fully saturated rings. The first-order chi connectivity index (χ1) is 8.33. The van der Waals surface area contributed by atoms with Gasteiger partial charge in [0.05, 0.1) is 20.0 Å². The zero-order chi connectivity index (χ0) is 12.1. The average molecular weight is 234 g/mol. The second-order valence-corrected chi connectivity index (χ2v) is 3.76. The van der Waals surface area contributed by atoms with Gasteiger partial charge in [-0.2, -0.15) is 11.6 Å². The number of methoxy groups -OCH3 is 2. The molecule has 0 atom stereocenters. The molecular formula is C15H15LiO2. The van der Waals surface area contributed by atoms with Gasteiger partial charge in [-0.15, -0.1) is 12.1 Å². The van der Waals surface area contributed by atoms with Gasteiger partial charge in [-0.3, -0.25) is 0 Å². The van der Waals surface area contributed by atoms with Crippen LogP contribution in [-0.4, -0.2) is 14.2 Å². The number of hydrogen-bond donors (Lipinski definition) is 0. The second-order valence-electron chi connectivity index (χ2n) is 3.76. The topological polar surface area (TPSA) is 18.5 Å². The summed E-state index contributed by atoms with van der Waals surface area (Å²) in [6.07, 6.45) is 0.848. The number of ether oxygens (including phenoxy) is 2. The van der Waals surface area contributed by atoms with E-state index in [4.69, 9.17) is 9.47 Å². The van der Waals surface area contributed by atoms with Gasteiger partial charge in [0.25, 0.3) is 0 Å².